The maximum absolute atomic E-state index is 13.4. The first-order valence-corrected chi connectivity index (χ1v) is 11.2. The highest BCUT2D eigenvalue weighted by molar-refractivity contribution is 7.91. The first kappa shape index (κ1) is 20.6. The summed E-state index contributed by atoms with van der Waals surface area (Å²) in [5, 5.41) is -0.173. The third-order valence-corrected chi connectivity index (χ3v) is 6.71. The SMILES string of the molecule is Cc1ccccc1-c1nc(S(=O)(=O)c2ccc(F)cc2)c(N2C[C@@H](C)O[C@@H](C)C2)o1. The summed E-state index contributed by atoms with van der Waals surface area (Å²) in [6, 6.07) is 12.2. The molecule has 4 rings (SSSR count). The molecule has 1 aliphatic heterocycles. The number of oxazole rings is 1. The van der Waals surface area contributed by atoms with Gasteiger partial charge in [0.15, 0.2) is 0 Å². The van der Waals surface area contributed by atoms with E-state index in [9.17, 15) is 12.8 Å². The van der Waals surface area contributed by atoms with Crippen molar-refractivity contribution in [2.45, 2.75) is 42.9 Å². The third-order valence-electron chi connectivity index (χ3n) is 5.04. The number of ether oxygens (including phenoxy) is 1. The second kappa shape index (κ2) is 7.85. The largest absolute Gasteiger partial charge is 0.419 e. The van der Waals surface area contributed by atoms with Crippen LogP contribution in [0.25, 0.3) is 11.5 Å². The van der Waals surface area contributed by atoms with E-state index in [0.29, 0.717) is 18.7 Å². The van der Waals surface area contributed by atoms with Gasteiger partial charge in [0.1, 0.15) is 5.82 Å². The molecule has 2 atom stereocenters. The van der Waals surface area contributed by atoms with E-state index in [1.807, 2.05) is 49.9 Å². The fourth-order valence-electron chi connectivity index (χ4n) is 3.67. The van der Waals surface area contributed by atoms with Gasteiger partial charge in [0, 0.05) is 18.7 Å². The first-order chi connectivity index (χ1) is 14.3. The van der Waals surface area contributed by atoms with Gasteiger partial charge in [-0.05, 0) is 56.7 Å². The first-order valence-electron chi connectivity index (χ1n) is 9.73. The number of aromatic nitrogens is 1. The summed E-state index contributed by atoms with van der Waals surface area (Å²) < 4.78 is 52.0. The molecule has 0 bridgehead atoms. The molecule has 1 saturated heterocycles. The Kier molecular flexibility index (Phi) is 5.38. The zero-order valence-corrected chi connectivity index (χ0v) is 17.8. The molecule has 0 amide bonds. The summed E-state index contributed by atoms with van der Waals surface area (Å²) in [5.41, 5.74) is 1.63. The van der Waals surface area contributed by atoms with Crippen LogP contribution in [0.15, 0.2) is 62.9 Å². The third kappa shape index (κ3) is 3.85. The van der Waals surface area contributed by atoms with E-state index in [1.54, 1.807) is 0 Å². The molecule has 0 radical (unpaired) electrons. The van der Waals surface area contributed by atoms with Crippen LogP contribution < -0.4 is 4.90 Å². The van der Waals surface area contributed by atoms with Gasteiger partial charge in [0.05, 0.1) is 17.1 Å². The zero-order chi connectivity index (χ0) is 21.5. The fourth-order valence-corrected chi connectivity index (χ4v) is 4.99. The minimum absolute atomic E-state index is 0.0378. The number of rotatable bonds is 4. The number of hydrogen-bond donors (Lipinski definition) is 0. The van der Waals surface area contributed by atoms with Crippen molar-refractivity contribution in [2.75, 3.05) is 18.0 Å². The van der Waals surface area contributed by atoms with Crippen LogP contribution in [0.3, 0.4) is 0 Å². The quantitative estimate of drug-likeness (QED) is 0.577. The van der Waals surface area contributed by atoms with E-state index in [2.05, 4.69) is 4.98 Å². The monoisotopic (exact) mass is 430 g/mol. The molecule has 0 saturated carbocycles. The Morgan fingerprint density at radius 3 is 2.30 bits per heavy atom. The number of anilines is 1. The number of benzene rings is 2. The van der Waals surface area contributed by atoms with Gasteiger partial charge in [-0.15, -0.1) is 0 Å². The lowest BCUT2D eigenvalue weighted by atomic mass is 10.1. The predicted molar refractivity (Wildman–Crippen MR) is 111 cm³/mol. The van der Waals surface area contributed by atoms with Crippen LogP contribution in [0.2, 0.25) is 0 Å². The van der Waals surface area contributed by atoms with E-state index in [1.165, 1.54) is 12.1 Å². The van der Waals surface area contributed by atoms with E-state index < -0.39 is 15.7 Å². The Morgan fingerprint density at radius 1 is 1.03 bits per heavy atom. The van der Waals surface area contributed by atoms with Crippen LogP contribution in [0.5, 0.6) is 0 Å². The summed E-state index contributed by atoms with van der Waals surface area (Å²) in [6.45, 7) is 6.70. The minimum atomic E-state index is -4.02. The van der Waals surface area contributed by atoms with Crippen molar-refractivity contribution >= 4 is 15.7 Å². The lowest BCUT2D eigenvalue weighted by Gasteiger charge is -2.35. The van der Waals surface area contributed by atoms with Gasteiger partial charge in [-0.1, -0.05) is 18.2 Å². The predicted octanol–water partition coefficient (Wildman–Crippen LogP) is 4.24. The van der Waals surface area contributed by atoms with E-state index in [4.69, 9.17) is 9.15 Å². The molecule has 0 unspecified atom stereocenters. The van der Waals surface area contributed by atoms with Crippen LogP contribution in [-0.2, 0) is 14.6 Å². The fraction of sp³-hybridized carbons (Fsp3) is 0.318. The molecular formula is C22H23FN2O4S. The molecule has 6 nitrogen and oxygen atoms in total. The normalized spacial score (nSPS) is 19.8. The topological polar surface area (TPSA) is 72.6 Å². The highest BCUT2D eigenvalue weighted by Gasteiger charge is 2.34. The van der Waals surface area contributed by atoms with Crippen LogP contribution in [0.4, 0.5) is 10.3 Å². The van der Waals surface area contributed by atoms with Crippen molar-refractivity contribution in [1.82, 2.24) is 4.98 Å². The second-order valence-electron chi connectivity index (χ2n) is 7.56. The van der Waals surface area contributed by atoms with Gasteiger partial charge in [-0.2, -0.15) is 4.98 Å². The number of sulfone groups is 1. The Morgan fingerprint density at radius 2 is 1.67 bits per heavy atom. The average Bonchev–Trinajstić information content (AvgIpc) is 3.14. The number of hydrogen-bond acceptors (Lipinski definition) is 6. The summed E-state index contributed by atoms with van der Waals surface area (Å²) in [5.74, 6) is -0.0964. The second-order valence-corrected chi connectivity index (χ2v) is 9.43. The molecule has 3 aromatic rings. The molecule has 1 fully saturated rings. The molecule has 0 spiro atoms. The Hall–Kier alpha value is -2.71. The van der Waals surface area contributed by atoms with E-state index in [0.717, 1.165) is 17.7 Å². The maximum atomic E-state index is 13.4. The van der Waals surface area contributed by atoms with Gasteiger partial charge < -0.3 is 14.1 Å². The zero-order valence-electron chi connectivity index (χ0n) is 17.0. The summed E-state index contributed by atoms with van der Waals surface area (Å²) in [4.78, 5) is 6.22. The van der Waals surface area contributed by atoms with Crippen LogP contribution >= 0.6 is 0 Å². The molecule has 8 heteroatoms. The molecule has 0 N–H and O–H groups in total. The molecule has 2 aromatic carbocycles. The highest BCUT2D eigenvalue weighted by Crippen LogP contribution is 2.36. The number of morpholine rings is 1. The molecule has 2 heterocycles. The Balaban J connectivity index is 1.87. The number of halogens is 1. The number of aryl methyl sites for hydroxylation is 1. The van der Waals surface area contributed by atoms with Gasteiger partial charge in [-0.3, -0.25) is 0 Å². The molecule has 0 aliphatic carbocycles. The van der Waals surface area contributed by atoms with E-state index in [-0.39, 0.29) is 33.9 Å². The van der Waals surface area contributed by atoms with Crippen molar-refractivity contribution in [1.29, 1.82) is 0 Å². The average molecular weight is 431 g/mol. The van der Waals surface area contributed by atoms with Crippen molar-refractivity contribution < 1.29 is 22.0 Å². The Labute approximate surface area is 175 Å². The number of nitrogens with zero attached hydrogens (tertiary/aromatic N) is 2. The lowest BCUT2D eigenvalue weighted by molar-refractivity contribution is -0.00657. The minimum Gasteiger partial charge on any atom is -0.419 e. The van der Waals surface area contributed by atoms with Crippen LogP contribution in [-0.4, -0.2) is 38.7 Å². The summed E-state index contributed by atoms with van der Waals surface area (Å²) in [6.07, 6.45) is -0.190. The molecule has 1 aromatic heterocycles. The van der Waals surface area contributed by atoms with Crippen molar-refractivity contribution in [3.05, 3.63) is 59.9 Å². The van der Waals surface area contributed by atoms with Gasteiger partial charge >= 0.3 is 0 Å². The lowest BCUT2D eigenvalue weighted by Crippen LogP contribution is -2.45. The van der Waals surface area contributed by atoms with Crippen molar-refractivity contribution in [2.24, 2.45) is 0 Å². The summed E-state index contributed by atoms with van der Waals surface area (Å²) in [7, 11) is -4.02. The standard InChI is InChI=1S/C22H23FN2O4S/c1-14-6-4-5-7-19(14)20-24-21(30(26,27)18-10-8-17(23)9-11-18)22(29-20)25-12-15(2)28-16(3)13-25/h4-11,15-16H,12-13H2,1-3H3/t15-,16+. The van der Waals surface area contributed by atoms with Gasteiger partial charge in [0.25, 0.3) is 0 Å². The van der Waals surface area contributed by atoms with Crippen molar-refractivity contribution in [3.63, 3.8) is 0 Å². The summed E-state index contributed by atoms with van der Waals surface area (Å²) >= 11 is 0. The molecule has 158 valence electrons. The Bertz CT molecular complexity index is 1150. The van der Waals surface area contributed by atoms with Crippen molar-refractivity contribution in [3.8, 4) is 11.5 Å². The van der Waals surface area contributed by atoms with Crippen LogP contribution in [0, 0.1) is 12.7 Å². The molecular weight excluding hydrogens is 407 g/mol. The van der Waals surface area contributed by atoms with E-state index >= 15 is 0 Å². The van der Waals surface area contributed by atoms with Gasteiger partial charge in [0.2, 0.25) is 26.6 Å². The van der Waals surface area contributed by atoms with Crippen LogP contribution in [0.1, 0.15) is 19.4 Å². The molecule has 1 aliphatic rings. The van der Waals surface area contributed by atoms with Gasteiger partial charge in [-0.25, -0.2) is 12.8 Å². The maximum Gasteiger partial charge on any atom is 0.236 e. The highest BCUT2D eigenvalue weighted by atomic mass is 32.2. The smallest absolute Gasteiger partial charge is 0.236 e. The molecule has 30 heavy (non-hydrogen) atoms.